The summed E-state index contributed by atoms with van der Waals surface area (Å²) < 4.78 is 5.84. The fraction of sp³-hybridized carbons (Fsp3) is 0.857. The van der Waals surface area contributed by atoms with Gasteiger partial charge in [-0.05, 0) is 51.4 Å². The zero-order chi connectivity index (χ0) is 12.9. The third kappa shape index (κ3) is 3.80. The molecule has 0 bridgehead atoms. The number of methoxy groups -OCH3 is 1. The van der Waals surface area contributed by atoms with Gasteiger partial charge in [0.2, 0.25) is 0 Å². The van der Waals surface area contributed by atoms with Crippen molar-refractivity contribution in [2.24, 2.45) is 11.8 Å². The van der Waals surface area contributed by atoms with E-state index in [1.807, 2.05) is 7.11 Å². The van der Waals surface area contributed by atoms with E-state index in [0.29, 0.717) is 0 Å². The number of hydrazine groups is 1. The monoisotopic (exact) mass is 240 g/mol. The highest BCUT2D eigenvalue weighted by molar-refractivity contribution is 4.98. The quantitative estimate of drug-likeness (QED) is 0.426. The van der Waals surface area contributed by atoms with Crippen molar-refractivity contribution in [1.29, 1.82) is 0 Å². The molecule has 1 unspecified atom stereocenters. The minimum absolute atomic E-state index is 0.0727. The first kappa shape index (κ1) is 14.7. The van der Waals surface area contributed by atoms with E-state index in [1.54, 1.807) is 0 Å². The van der Waals surface area contributed by atoms with Crippen LogP contribution in [0, 0.1) is 5.92 Å². The van der Waals surface area contributed by atoms with Crippen LogP contribution in [-0.4, -0.2) is 18.8 Å². The van der Waals surface area contributed by atoms with E-state index in [4.69, 9.17) is 10.6 Å². The minimum Gasteiger partial charge on any atom is -0.377 e. The van der Waals surface area contributed by atoms with Crippen LogP contribution < -0.4 is 11.3 Å². The third-order valence-electron chi connectivity index (χ3n) is 4.22. The summed E-state index contributed by atoms with van der Waals surface area (Å²) >= 11 is 0. The van der Waals surface area contributed by atoms with E-state index >= 15 is 0 Å². The molecule has 1 saturated carbocycles. The van der Waals surface area contributed by atoms with Gasteiger partial charge in [-0.2, -0.15) is 0 Å². The predicted molar refractivity (Wildman–Crippen MR) is 72.5 cm³/mol. The van der Waals surface area contributed by atoms with Crippen LogP contribution in [0.2, 0.25) is 0 Å². The molecule has 1 rings (SSSR count). The molecule has 0 amide bonds. The van der Waals surface area contributed by atoms with Crippen molar-refractivity contribution in [2.45, 2.75) is 64.0 Å². The molecule has 0 aromatic rings. The Bertz CT molecular complexity index is 245. The Balaban J connectivity index is 2.64. The lowest BCUT2D eigenvalue weighted by Crippen LogP contribution is -2.56. The highest BCUT2D eigenvalue weighted by Crippen LogP contribution is 2.38. The van der Waals surface area contributed by atoms with Gasteiger partial charge in [0.1, 0.15) is 0 Å². The Hall–Kier alpha value is -0.380. The van der Waals surface area contributed by atoms with Gasteiger partial charge in [-0.25, -0.2) is 0 Å². The number of hydrogen-bond acceptors (Lipinski definition) is 3. The summed E-state index contributed by atoms with van der Waals surface area (Å²) in [7, 11) is 1.82. The van der Waals surface area contributed by atoms with Crippen LogP contribution in [-0.2, 0) is 4.74 Å². The maximum absolute atomic E-state index is 5.84. The third-order valence-corrected chi connectivity index (χ3v) is 4.22. The molecule has 1 aliphatic rings. The number of rotatable bonds is 6. The molecule has 0 aromatic heterocycles. The molecule has 3 N–H and O–H groups in total. The standard InChI is InChI=1S/C14H28N2O/c1-11(2)5-6-13(16-15)14(17-4)9-7-12(3)8-10-14/h12-13,16H,1,5-10,15H2,2-4H3. The number of nitrogens with one attached hydrogen (secondary N) is 1. The zero-order valence-corrected chi connectivity index (χ0v) is 11.6. The van der Waals surface area contributed by atoms with Gasteiger partial charge in [0.05, 0.1) is 11.6 Å². The van der Waals surface area contributed by atoms with Crippen molar-refractivity contribution in [3.05, 3.63) is 12.2 Å². The molecule has 1 aliphatic carbocycles. The summed E-state index contributed by atoms with van der Waals surface area (Å²) in [6, 6.07) is 0.233. The molecule has 0 heterocycles. The average molecular weight is 240 g/mol. The smallest absolute Gasteiger partial charge is 0.0844 e. The van der Waals surface area contributed by atoms with Crippen molar-refractivity contribution >= 4 is 0 Å². The normalized spacial score (nSPS) is 31.2. The van der Waals surface area contributed by atoms with Gasteiger partial charge in [-0.15, -0.1) is 6.58 Å². The van der Waals surface area contributed by atoms with E-state index in [9.17, 15) is 0 Å². The molecule has 17 heavy (non-hydrogen) atoms. The number of ether oxygens (including phenoxy) is 1. The lowest BCUT2D eigenvalue weighted by atomic mass is 9.74. The summed E-state index contributed by atoms with van der Waals surface area (Å²) in [5.74, 6) is 6.54. The van der Waals surface area contributed by atoms with Gasteiger partial charge in [-0.1, -0.05) is 12.5 Å². The van der Waals surface area contributed by atoms with Crippen LogP contribution in [0.1, 0.15) is 52.4 Å². The fourth-order valence-corrected chi connectivity index (χ4v) is 2.83. The molecular weight excluding hydrogens is 212 g/mol. The first-order valence-electron chi connectivity index (χ1n) is 6.69. The second-order valence-electron chi connectivity index (χ2n) is 5.67. The highest BCUT2D eigenvalue weighted by Gasteiger charge is 2.40. The Labute approximate surface area is 106 Å². The summed E-state index contributed by atoms with van der Waals surface area (Å²) in [4.78, 5) is 0. The largest absolute Gasteiger partial charge is 0.377 e. The van der Waals surface area contributed by atoms with Crippen LogP contribution in [0.4, 0.5) is 0 Å². The van der Waals surface area contributed by atoms with Crippen molar-refractivity contribution < 1.29 is 4.74 Å². The first-order valence-corrected chi connectivity index (χ1v) is 6.69. The van der Waals surface area contributed by atoms with Gasteiger partial charge >= 0.3 is 0 Å². The molecule has 0 aromatic carbocycles. The van der Waals surface area contributed by atoms with Crippen LogP contribution in [0.3, 0.4) is 0 Å². The number of nitrogens with two attached hydrogens (primary N) is 1. The maximum Gasteiger partial charge on any atom is 0.0844 e. The SMILES string of the molecule is C=C(C)CCC(NN)C1(OC)CCC(C)CC1. The van der Waals surface area contributed by atoms with E-state index in [1.165, 1.54) is 18.4 Å². The zero-order valence-electron chi connectivity index (χ0n) is 11.6. The van der Waals surface area contributed by atoms with Crippen molar-refractivity contribution in [2.75, 3.05) is 7.11 Å². The van der Waals surface area contributed by atoms with Gasteiger partial charge in [-0.3, -0.25) is 11.3 Å². The van der Waals surface area contributed by atoms with E-state index in [-0.39, 0.29) is 11.6 Å². The Morgan fingerprint density at radius 1 is 1.53 bits per heavy atom. The Kier molecular flexibility index (Phi) is 5.63. The van der Waals surface area contributed by atoms with Crippen LogP contribution >= 0.6 is 0 Å². The molecule has 0 aliphatic heterocycles. The van der Waals surface area contributed by atoms with Gasteiger partial charge < -0.3 is 4.74 Å². The molecule has 0 spiro atoms. The van der Waals surface area contributed by atoms with Crippen molar-refractivity contribution in [3.63, 3.8) is 0 Å². The molecule has 3 heteroatoms. The summed E-state index contributed by atoms with van der Waals surface area (Å²) in [6.07, 6.45) is 6.70. The van der Waals surface area contributed by atoms with Gasteiger partial charge in [0.25, 0.3) is 0 Å². The van der Waals surface area contributed by atoms with Crippen LogP contribution in [0.15, 0.2) is 12.2 Å². The molecule has 0 radical (unpaired) electrons. The lowest BCUT2D eigenvalue weighted by Gasteiger charge is -2.44. The lowest BCUT2D eigenvalue weighted by molar-refractivity contribution is -0.0764. The summed E-state index contributed by atoms with van der Waals surface area (Å²) in [6.45, 7) is 8.34. The van der Waals surface area contributed by atoms with E-state index < -0.39 is 0 Å². The average Bonchev–Trinajstić information content (AvgIpc) is 2.32. The van der Waals surface area contributed by atoms with Crippen LogP contribution in [0.5, 0.6) is 0 Å². The maximum atomic E-state index is 5.84. The Morgan fingerprint density at radius 2 is 2.12 bits per heavy atom. The molecule has 3 nitrogen and oxygen atoms in total. The first-order chi connectivity index (χ1) is 8.04. The van der Waals surface area contributed by atoms with Crippen LogP contribution in [0.25, 0.3) is 0 Å². The van der Waals surface area contributed by atoms with Crippen molar-refractivity contribution in [3.8, 4) is 0 Å². The summed E-state index contributed by atoms with van der Waals surface area (Å²) in [5, 5.41) is 0. The molecule has 1 atom stereocenters. The minimum atomic E-state index is -0.0727. The number of allylic oxidation sites excluding steroid dienone is 1. The van der Waals surface area contributed by atoms with Crippen molar-refractivity contribution in [1.82, 2.24) is 5.43 Å². The van der Waals surface area contributed by atoms with Gasteiger partial charge in [0.15, 0.2) is 0 Å². The highest BCUT2D eigenvalue weighted by atomic mass is 16.5. The molecular formula is C14H28N2O. The fourth-order valence-electron chi connectivity index (χ4n) is 2.83. The molecule has 0 saturated heterocycles. The molecule has 1 fully saturated rings. The van der Waals surface area contributed by atoms with E-state index in [2.05, 4.69) is 25.9 Å². The predicted octanol–water partition coefficient (Wildman–Crippen LogP) is 2.77. The second kappa shape index (κ2) is 6.53. The molecule has 100 valence electrons. The van der Waals surface area contributed by atoms with Gasteiger partial charge in [0, 0.05) is 7.11 Å². The summed E-state index contributed by atoms with van der Waals surface area (Å²) in [5.41, 5.74) is 4.10. The second-order valence-corrected chi connectivity index (χ2v) is 5.67. The topological polar surface area (TPSA) is 47.3 Å². The number of hydrogen-bond donors (Lipinski definition) is 2. The van der Waals surface area contributed by atoms with E-state index in [0.717, 1.165) is 31.6 Å². The Morgan fingerprint density at radius 3 is 2.53 bits per heavy atom.